The molecule has 0 aliphatic carbocycles. The summed E-state index contributed by atoms with van der Waals surface area (Å²) in [6.07, 6.45) is 1.86. The Bertz CT molecular complexity index is 1380. The van der Waals surface area contributed by atoms with E-state index in [4.69, 9.17) is 4.74 Å². The fourth-order valence-corrected chi connectivity index (χ4v) is 3.85. The molecule has 0 saturated heterocycles. The summed E-state index contributed by atoms with van der Waals surface area (Å²) in [4.78, 5) is 19.8. The first-order valence-corrected chi connectivity index (χ1v) is 10.5. The number of esters is 1. The van der Waals surface area contributed by atoms with Crippen molar-refractivity contribution in [2.45, 2.75) is 27.7 Å². The van der Waals surface area contributed by atoms with Gasteiger partial charge in [0, 0.05) is 17.1 Å². The molecule has 32 heavy (non-hydrogen) atoms. The minimum Gasteiger partial charge on any atom is -0.462 e. The molecule has 6 nitrogen and oxygen atoms in total. The predicted molar refractivity (Wildman–Crippen MR) is 126 cm³/mol. The lowest BCUT2D eigenvalue weighted by Gasteiger charge is -2.10. The van der Waals surface area contributed by atoms with Crippen LogP contribution in [-0.4, -0.2) is 27.1 Å². The fraction of sp³-hybridized carbons (Fsp3) is 0.192. The fourth-order valence-electron chi connectivity index (χ4n) is 3.85. The number of H-pyrrole nitrogens is 1. The summed E-state index contributed by atoms with van der Waals surface area (Å²) in [5.41, 5.74) is 7.75. The molecule has 0 aliphatic rings. The molecule has 0 fully saturated rings. The number of hydrogen-bond acceptors (Lipinski definition) is 4. The molecule has 160 valence electrons. The number of carbonyl (C=O) groups is 1. The highest BCUT2D eigenvalue weighted by Gasteiger charge is 2.14. The summed E-state index contributed by atoms with van der Waals surface area (Å²) >= 11 is 0. The molecule has 2 aromatic heterocycles. The van der Waals surface area contributed by atoms with Crippen molar-refractivity contribution in [3.63, 3.8) is 0 Å². The Hall–Kier alpha value is -4.11. The summed E-state index contributed by atoms with van der Waals surface area (Å²) in [5, 5.41) is 9.80. The molecule has 0 amide bonds. The van der Waals surface area contributed by atoms with Crippen molar-refractivity contribution in [3.8, 4) is 11.8 Å². The quantitative estimate of drug-likeness (QED) is 0.338. The molecule has 0 saturated carbocycles. The van der Waals surface area contributed by atoms with Crippen molar-refractivity contribution >= 4 is 28.7 Å². The van der Waals surface area contributed by atoms with Gasteiger partial charge >= 0.3 is 5.97 Å². The number of hydrogen-bond donors (Lipinski definition) is 1. The van der Waals surface area contributed by atoms with Gasteiger partial charge in [-0.2, -0.15) is 5.26 Å². The first kappa shape index (κ1) is 21.1. The van der Waals surface area contributed by atoms with Gasteiger partial charge in [-0.1, -0.05) is 6.07 Å². The van der Waals surface area contributed by atoms with Crippen LogP contribution >= 0.6 is 0 Å². The van der Waals surface area contributed by atoms with Crippen LogP contribution in [-0.2, 0) is 4.74 Å². The zero-order chi connectivity index (χ0) is 22.8. The van der Waals surface area contributed by atoms with E-state index in [0.717, 1.165) is 39.2 Å². The first-order valence-electron chi connectivity index (χ1n) is 10.5. The van der Waals surface area contributed by atoms with E-state index in [0.29, 0.717) is 23.6 Å². The number of nitrogens with one attached hydrogen (secondary N) is 1. The lowest BCUT2D eigenvalue weighted by atomic mass is 10.1. The minimum atomic E-state index is -0.330. The van der Waals surface area contributed by atoms with Gasteiger partial charge in [-0.05, 0) is 87.4 Å². The number of benzene rings is 2. The Morgan fingerprint density at radius 1 is 1.16 bits per heavy atom. The average Bonchev–Trinajstić information content (AvgIpc) is 3.31. The third-order valence-corrected chi connectivity index (χ3v) is 5.42. The number of fused-ring (bicyclic) bond motifs is 1. The van der Waals surface area contributed by atoms with E-state index >= 15 is 0 Å². The summed E-state index contributed by atoms with van der Waals surface area (Å²) in [6, 6.07) is 17.6. The molecule has 1 N–H and O–H groups in total. The van der Waals surface area contributed by atoms with Crippen molar-refractivity contribution in [3.05, 3.63) is 82.4 Å². The van der Waals surface area contributed by atoms with E-state index in [2.05, 4.69) is 20.6 Å². The van der Waals surface area contributed by atoms with Crippen LogP contribution in [0.25, 0.3) is 28.4 Å². The van der Waals surface area contributed by atoms with Crippen molar-refractivity contribution in [1.29, 1.82) is 5.26 Å². The maximum atomic E-state index is 11.9. The largest absolute Gasteiger partial charge is 0.462 e. The highest BCUT2D eigenvalue weighted by atomic mass is 16.5. The number of nitriles is 1. The van der Waals surface area contributed by atoms with Crippen molar-refractivity contribution in [1.82, 2.24) is 14.5 Å². The molecule has 0 unspecified atom stereocenters. The summed E-state index contributed by atoms with van der Waals surface area (Å²) in [5.74, 6) is 0.222. The number of allylic oxidation sites excluding steroid dienone is 1. The topological polar surface area (TPSA) is 83.7 Å². The maximum absolute atomic E-state index is 11.9. The number of aromatic amines is 1. The number of aryl methyl sites for hydroxylation is 2. The lowest BCUT2D eigenvalue weighted by molar-refractivity contribution is 0.0526. The Morgan fingerprint density at radius 2 is 1.91 bits per heavy atom. The molecular weight excluding hydrogens is 400 g/mol. The number of ether oxygens (including phenoxy) is 1. The highest BCUT2D eigenvalue weighted by Crippen LogP contribution is 2.26. The average molecular weight is 425 g/mol. The molecule has 0 bridgehead atoms. The van der Waals surface area contributed by atoms with E-state index in [1.165, 1.54) is 0 Å². The normalized spacial score (nSPS) is 11.5. The molecule has 0 aliphatic heterocycles. The van der Waals surface area contributed by atoms with E-state index in [9.17, 15) is 10.1 Å². The van der Waals surface area contributed by atoms with Crippen molar-refractivity contribution in [2.24, 2.45) is 0 Å². The smallest absolute Gasteiger partial charge is 0.338 e. The van der Waals surface area contributed by atoms with E-state index < -0.39 is 0 Å². The predicted octanol–water partition coefficient (Wildman–Crippen LogP) is 5.52. The van der Waals surface area contributed by atoms with E-state index in [-0.39, 0.29) is 5.97 Å². The third-order valence-electron chi connectivity index (χ3n) is 5.42. The molecule has 2 heterocycles. The molecule has 6 heteroatoms. The molecule has 0 atom stereocenters. The molecule has 0 radical (unpaired) electrons. The lowest BCUT2D eigenvalue weighted by Crippen LogP contribution is -2.05. The SMILES string of the molecule is CCOC(=O)c1ccc(-n2c(C)cc(/C=C(\C#N)c3nc4ccc(C)cc4[nH]3)c2C)cc1. The molecule has 2 aromatic carbocycles. The van der Waals surface area contributed by atoms with Gasteiger partial charge in [0.05, 0.1) is 28.8 Å². The Kier molecular flexibility index (Phi) is 5.65. The zero-order valence-electron chi connectivity index (χ0n) is 18.6. The van der Waals surface area contributed by atoms with Gasteiger partial charge in [0.15, 0.2) is 0 Å². The van der Waals surface area contributed by atoms with Crippen molar-refractivity contribution < 1.29 is 9.53 Å². The highest BCUT2D eigenvalue weighted by molar-refractivity contribution is 5.91. The number of rotatable bonds is 5. The summed E-state index contributed by atoms with van der Waals surface area (Å²) < 4.78 is 7.15. The second-order valence-electron chi connectivity index (χ2n) is 7.71. The molecule has 4 rings (SSSR count). The van der Waals surface area contributed by atoms with Crippen LogP contribution in [0.5, 0.6) is 0 Å². The monoisotopic (exact) mass is 424 g/mol. The number of imidazole rings is 1. The van der Waals surface area contributed by atoms with Gasteiger partial charge < -0.3 is 14.3 Å². The number of nitrogens with zero attached hydrogens (tertiary/aromatic N) is 3. The first-order chi connectivity index (χ1) is 15.4. The van der Waals surface area contributed by atoms with Crippen LogP contribution in [0.1, 0.15) is 45.6 Å². The minimum absolute atomic E-state index is 0.330. The van der Waals surface area contributed by atoms with Gasteiger partial charge in [0.25, 0.3) is 0 Å². The van der Waals surface area contributed by atoms with Crippen LogP contribution in [0.4, 0.5) is 0 Å². The maximum Gasteiger partial charge on any atom is 0.338 e. The summed E-state index contributed by atoms with van der Waals surface area (Å²) in [6.45, 7) is 8.18. The standard InChI is InChI=1S/C26H24N4O2/c1-5-32-26(31)19-7-9-22(10-8-19)30-17(3)13-20(18(30)4)14-21(15-27)25-28-23-11-6-16(2)12-24(23)29-25/h6-14H,5H2,1-4H3,(H,28,29)/b21-14+. The van der Waals surface area contributed by atoms with Gasteiger partial charge in [-0.3, -0.25) is 0 Å². The van der Waals surface area contributed by atoms with Crippen LogP contribution < -0.4 is 0 Å². The zero-order valence-corrected chi connectivity index (χ0v) is 18.6. The van der Waals surface area contributed by atoms with E-state index in [1.807, 2.05) is 63.2 Å². The van der Waals surface area contributed by atoms with E-state index in [1.54, 1.807) is 19.1 Å². The molecule has 4 aromatic rings. The van der Waals surface area contributed by atoms with Gasteiger partial charge in [0.2, 0.25) is 0 Å². The second kappa shape index (κ2) is 8.56. The van der Waals surface area contributed by atoms with Gasteiger partial charge in [-0.25, -0.2) is 9.78 Å². The number of aromatic nitrogens is 3. The molecular formula is C26H24N4O2. The van der Waals surface area contributed by atoms with Crippen LogP contribution in [0, 0.1) is 32.1 Å². The molecule has 0 spiro atoms. The second-order valence-corrected chi connectivity index (χ2v) is 7.71. The van der Waals surface area contributed by atoms with Crippen LogP contribution in [0.15, 0.2) is 48.5 Å². The Morgan fingerprint density at radius 3 is 2.59 bits per heavy atom. The Labute approximate surface area is 186 Å². The summed E-state index contributed by atoms with van der Waals surface area (Å²) in [7, 11) is 0. The third kappa shape index (κ3) is 3.93. The van der Waals surface area contributed by atoms with Gasteiger partial charge in [0.1, 0.15) is 11.9 Å². The van der Waals surface area contributed by atoms with Crippen LogP contribution in [0.3, 0.4) is 0 Å². The van der Waals surface area contributed by atoms with Gasteiger partial charge in [-0.15, -0.1) is 0 Å². The van der Waals surface area contributed by atoms with Crippen LogP contribution in [0.2, 0.25) is 0 Å². The van der Waals surface area contributed by atoms with Crippen molar-refractivity contribution in [2.75, 3.05) is 6.61 Å². The number of carbonyl (C=O) groups excluding carboxylic acids is 1. The Balaban J connectivity index is 1.70.